The highest BCUT2D eigenvalue weighted by Gasteiger charge is 2.15. The largest absolute Gasteiger partial charge is 0.354 e. The van der Waals surface area contributed by atoms with E-state index in [2.05, 4.69) is 5.32 Å². The molecule has 0 aliphatic heterocycles. The van der Waals surface area contributed by atoms with Crippen LogP contribution in [0.15, 0.2) is 48.5 Å². The van der Waals surface area contributed by atoms with Crippen molar-refractivity contribution in [1.82, 2.24) is 5.32 Å². The number of hydrogen-bond donors (Lipinski definition) is 1. The molecule has 0 aliphatic rings. The molecule has 4 nitrogen and oxygen atoms in total. The summed E-state index contributed by atoms with van der Waals surface area (Å²) in [6, 6.07) is 14.3. The number of carbonyl (C=O) groups excluding carboxylic acids is 2. The summed E-state index contributed by atoms with van der Waals surface area (Å²) in [5, 5.41) is 4.08. The van der Waals surface area contributed by atoms with E-state index in [1.165, 1.54) is 11.8 Å². The third-order valence-corrected chi connectivity index (χ3v) is 3.97. The molecule has 0 saturated carbocycles. The fourth-order valence-corrected chi connectivity index (χ4v) is 2.45. The Kier molecular flexibility index (Phi) is 6.64. The summed E-state index contributed by atoms with van der Waals surface area (Å²) in [7, 11) is 0. The zero-order chi connectivity index (χ0) is 17.5. The SMILES string of the molecule is CC(=O)N(CC(=O)NCCc1ccc(Cl)cc1)c1ccc(Cl)cc1. The van der Waals surface area contributed by atoms with E-state index in [-0.39, 0.29) is 18.4 Å². The molecule has 24 heavy (non-hydrogen) atoms. The van der Waals surface area contributed by atoms with Crippen molar-refractivity contribution in [1.29, 1.82) is 0 Å². The van der Waals surface area contributed by atoms with Gasteiger partial charge in [-0.3, -0.25) is 9.59 Å². The molecule has 2 aromatic rings. The van der Waals surface area contributed by atoms with Crippen molar-refractivity contribution < 1.29 is 9.59 Å². The molecule has 0 aromatic heterocycles. The van der Waals surface area contributed by atoms with Crippen LogP contribution in [0.1, 0.15) is 12.5 Å². The van der Waals surface area contributed by atoms with E-state index in [9.17, 15) is 9.59 Å². The zero-order valence-electron chi connectivity index (χ0n) is 13.3. The number of rotatable bonds is 6. The molecule has 0 bridgehead atoms. The smallest absolute Gasteiger partial charge is 0.240 e. The quantitative estimate of drug-likeness (QED) is 0.849. The Balaban J connectivity index is 1.87. The van der Waals surface area contributed by atoms with Gasteiger partial charge in [0.15, 0.2) is 0 Å². The van der Waals surface area contributed by atoms with Gasteiger partial charge < -0.3 is 10.2 Å². The van der Waals surface area contributed by atoms with Crippen molar-refractivity contribution in [2.24, 2.45) is 0 Å². The Labute approximate surface area is 151 Å². The van der Waals surface area contributed by atoms with Crippen LogP contribution in [-0.4, -0.2) is 24.9 Å². The van der Waals surface area contributed by atoms with Crippen molar-refractivity contribution in [3.8, 4) is 0 Å². The molecule has 0 unspecified atom stereocenters. The molecule has 0 spiro atoms. The van der Waals surface area contributed by atoms with Crippen molar-refractivity contribution in [2.45, 2.75) is 13.3 Å². The third kappa shape index (κ3) is 5.55. The van der Waals surface area contributed by atoms with E-state index in [0.717, 1.165) is 5.56 Å². The molecular formula is C18H18Cl2N2O2. The first-order valence-corrected chi connectivity index (χ1v) is 8.26. The summed E-state index contributed by atoms with van der Waals surface area (Å²) in [6.45, 7) is 1.89. The lowest BCUT2D eigenvalue weighted by atomic mass is 10.1. The van der Waals surface area contributed by atoms with E-state index in [1.807, 2.05) is 24.3 Å². The van der Waals surface area contributed by atoms with Crippen LogP contribution in [0.5, 0.6) is 0 Å². The van der Waals surface area contributed by atoms with Crippen LogP contribution in [0, 0.1) is 0 Å². The van der Waals surface area contributed by atoms with Crippen LogP contribution < -0.4 is 10.2 Å². The molecule has 0 radical (unpaired) electrons. The Bertz CT molecular complexity index is 700. The van der Waals surface area contributed by atoms with Gasteiger partial charge in [-0.15, -0.1) is 0 Å². The predicted octanol–water partition coefficient (Wildman–Crippen LogP) is 3.71. The number of amides is 2. The van der Waals surface area contributed by atoms with Gasteiger partial charge in [0.2, 0.25) is 11.8 Å². The summed E-state index contributed by atoms with van der Waals surface area (Å²) in [6.07, 6.45) is 0.698. The van der Waals surface area contributed by atoms with Gasteiger partial charge in [0, 0.05) is 29.2 Å². The summed E-state index contributed by atoms with van der Waals surface area (Å²) >= 11 is 11.7. The molecule has 2 amide bonds. The van der Waals surface area contributed by atoms with Crippen LogP contribution in [0.25, 0.3) is 0 Å². The first-order chi connectivity index (χ1) is 11.5. The molecular weight excluding hydrogens is 347 g/mol. The average molecular weight is 365 g/mol. The van der Waals surface area contributed by atoms with Gasteiger partial charge in [0.1, 0.15) is 6.54 Å². The van der Waals surface area contributed by atoms with E-state index in [0.29, 0.717) is 28.7 Å². The number of halogens is 2. The molecule has 1 N–H and O–H groups in total. The fourth-order valence-electron chi connectivity index (χ4n) is 2.20. The molecule has 2 rings (SSSR count). The Morgan fingerprint density at radius 1 is 0.958 bits per heavy atom. The molecule has 0 heterocycles. The maximum atomic E-state index is 12.1. The van der Waals surface area contributed by atoms with E-state index >= 15 is 0 Å². The van der Waals surface area contributed by atoms with Gasteiger partial charge in [0.25, 0.3) is 0 Å². The molecule has 6 heteroatoms. The Hall–Kier alpha value is -2.04. The number of nitrogens with one attached hydrogen (secondary N) is 1. The molecule has 0 saturated heterocycles. The summed E-state index contributed by atoms with van der Waals surface area (Å²) in [5.41, 5.74) is 1.72. The second-order valence-electron chi connectivity index (χ2n) is 5.31. The van der Waals surface area contributed by atoms with Gasteiger partial charge in [-0.25, -0.2) is 0 Å². The van der Waals surface area contributed by atoms with Gasteiger partial charge >= 0.3 is 0 Å². The van der Waals surface area contributed by atoms with Crippen LogP contribution in [-0.2, 0) is 16.0 Å². The minimum atomic E-state index is -0.214. The second-order valence-corrected chi connectivity index (χ2v) is 6.18. The van der Waals surface area contributed by atoms with Crippen LogP contribution in [0.4, 0.5) is 5.69 Å². The van der Waals surface area contributed by atoms with E-state index in [4.69, 9.17) is 23.2 Å². The third-order valence-electron chi connectivity index (χ3n) is 3.47. The van der Waals surface area contributed by atoms with Crippen molar-refractivity contribution in [3.63, 3.8) is 0 Å². The number of nitrogens with zero attached hydrogens (tertiary/aromatic N) is 1. The zero-order valence-corrected chi connectivity index (χ0v) is 14.8. The van der Waals surface area contributed by atoms with Gasteiger partial charge in [0.05, 0.1) is 0 Å². The topological polar surface area (TPSA) is 49.4 Å². The van der Waals surface area contributed by atoms with Crippen molar-refractivity contribution in [3.05, 3.63) is 64.1 Å². The lowest BCUT2D eigenvalue weighted by Crippen LogP contribution is -2.40. The van der Waals surface area contributed by atoms with Crippen molar-refractivity contribution >= 4 is 40.7 Å². The summed E-state index contributed by atoms with van der Waals surface area (Å²) in [4.78, 5) is 25.3. The highest BCUT2D eigenvalue weighted by molar-refractivity contribution is 6.30. The second kappa shape index (κ2) is 8.71. The molecule has 126 valence electrons. The number of hydrogen-bond acceptors (Lipinski definition) is 2. The fraction of sp³-hybridized carbons (Fsp3) is 0.222. The normalized spacial score (nSPS) is 10.3. The van der Waals surface area contributed by atoms with Gasteiger partial charge in [-0.05, 0) is 48.4 Å². The molecule has 0 atom stereocenters. The van der Waals surface area contributed by atoms with Crippen molar-refractivity contribution in [2.75, 3.05) is 18.0 Å². The van der Waals surface area contributed by atoms with Crippen LogP contribution in [0.3, 0.4) is 0 Å². The number of anilines is 1. The standard InChI is InChI=1S/C18H18Cl2N2O2/c1-13(23)22(17-8-6-16(20)7-9-17)12-18(24)21-11-10-14-2-4-15(19)5-3-14/h2-9H,10-12H2,1H3,(H,21,24). The lowest BCUT2D eigenvalue weighted by Gasteiger charge is -2.20. The minimum Gasteiger partial charge on any atom is -0.354 e. The summed E-state index contributed by atoms with van der Waals surface area (Å²) in [5.74, 6) is -0.417. The lowest BCUT2D eigenvalue weighted by molar-refractivity contribution is -0.123. The number of carbonyl (C=O) groups is 2. The van der Waals surface area contributed by atoms with E-state index in [1.54, 1.807) is 24.3 Å². The minimum absolute atomic E-state index is 0.0302. The highest BCUT2D eigenvalue weighted by Crippen LogP contribution is 2.18. The average Bonchev–Trinajstić information content (AvgIpc) is 2.55. The van der Waals surface area contributed by atoms with Crippen LogP contribution in [0.2, 0.25) is 10.0 Å². The molecule has 0 aliphatic carbocycles. The number of benzene rings is 2. The highest BCUT2D eigenvalue weighted by atomic mass is 35.5. The van der Waals surface area contributed by atoms with Gasteiger partial charge in [-0.1, -0.05) is 35.3 Å². The maximum Gasteiger partial charge on any atom is 0.240 e. The monoisotopic (exact) mass is 364 g/mol. The predicted molar refractivity (Wildman–Crippen MR) is 97.6 cm³/mol. The first kappa shape index (κ1) is 18.3. The maximum absolute atomic E-state index is 12.1. The summed E-state index contributed by atoms with van der Waals surface area (Å²) < 4.78 is 0. The van der Waals surface area contributed by atoms with E-state index < -0.39 is 0 Å². The molecule has 2 aromatic carbocycles. The Morgan fingerprint density at radius 3 is 2.04 bits per heavy atom. The Morgan fingerprint density at radius 2 is 1.50 bits per heavy atom. The van der Waals surface area contributed by atoms with Gasteiger partial charge in [-0.2, -0.15) is 0 Å². The van der Waals surface area contributed by atoms with Crippen LogP contribution >= 0.6 is 23.2 Å². The molecule has 0 fully saturated rings. The first-order valence-electron chi connectivity index (χ1n) is 7.50.